The second-order valence-electron chi connectivity index (χ2n) is 7.96. The molecule has 0 heterocycles. The molecule has 180 valence electrons. The first-order valence-electron chi connectivity index (χ1n) is 11.7. The van der Waals surface area contributed by atoms with Crippen molar-refractivity contribution >= 4 is 12.3 Å². The number of aliphatic carboxylic acids is 1. The van der Waals surface area contributed by atoms with Gasteiger partial charge in [-0.3, -0.25) is 4.79 Å². The molecule has 0 saturated heterocycles. The summed E-state index contributed by atoms with van der Waals surface area (Å²) in [4.78, 5) is 20.1. The number of carbonyl (C=O) groups excluding carboxylic acids is 1. The van der Waals surface area contributed by atoms with Gasteiger partial charge in [0.25, 0.3) is 0 Å². The number of aliphatic hydroxyl groups excluding tert-OH is 4. The van der Waals surface area contributed by atoms with Gasteiger partial charge in [-0.1, -0.05) is 96.8 Å². The van der Waals surface area contributed by atoms with E-state index in [1.807, 2.05) is 0 Å². The lowest BCUT2D eigenvalue weighted by molar-refractivity contribution is -0.137. The quantitative estimate of drug-likeness (QED) is 0.146. The lowest BCUT2D eigenvalue weighted by Gasteiger charge is -2.16. The summed E-state index contributed by atoms with van der Waals surface area (Å²) in [6, 6.07) is 0. The molecule has 3 unspecified atom stereocenters. The third kappa shape index (κ3) is 23.3. The van der Waals surface area contributed by atoms with Gasteiger partial charge < -0.3 is 30.3 Å². The third-order valence-corrected chi connectivity index (χ3v) is 5.06. The molecule has 0 aromatic heterocycles. The zero-order chi connectivity index (χ0) is 23.0. The highest BCUT2D eigenvalue weighted by molar-refractivity contribution is 5.66. The van der Waals surface area contributed by atoms with Gasteiger partial charge in [-0.2, -0.15) is 0 Å². The Kier molecular flexibility index (Phi) is 25.2. The summed E-state index contributed by atoms with van der Waals surface area (Å²) in [5.74, 6) is -0.653. The van der Waals surface area contributed by atoms with E-state index in [1.165, 1.54) is 83.5 Å². The van der Waals surface area contributed by atoms with Gasteiger partial charge in [0.1, 0.15) is 18.3 Å². The summed E-state index contributed by atoms with van der Waals surface area (Å²) in [5.41, 5.74) is 0. The molecule has 0 aliphatic carbocycles. The first kappa shape index (κ1) is 31.2. The summed E-state index contributed by atoms with van der Waals surface area (Å²) in [7, 11) is 0. The predicted octanol–water partition coefficient (Wildman–Crippen LogP) is 3.59. The van der Waals surface area contributed by atoms with Crippen molar-refractivity contribution in [1.29, 1.82) is 0 Å². The lowest BCUT2D eigenvalue weighted by atomic mass is 10.0. The van der Waals surface area contributed by atoms with Crippen molar-refractivity contribution < 1.29 is 35.1 Å². The fourth-order valence-electron chi connectivity index (χ4n) is 3.06. The molecule has 0 amide bonds. The molecule has 30 heavy (non-hydrogen) atoms. The Morgan fingerprint density at radius 3 is 1.40 bits per heavy atom. The molecule has 7 nitrogen and oxygen atoms in total. The van der Waals surface area contributed by atoms with Crippen molar-refractivity contribution in [3.63, 3.8) is 0 Å². The molecule has 0 aliphatic rings. The second-order valence-corrected chi connectivity index (χ2v) is 7.96. The minimum atomic E-state index is -1.64. The van der Waals surface area contributed by atoms with Gasteiger partial charge in [-0.25, -0.2) is 0 Å². The maximum absolute atomic E-state index is 10.3. The van der Waals surface area contributed by atoms with Crippen molar-refractivity contribution in [2.45, 2.75) is 128 Å². The van der Waals surface area contributed by atoms with Gasteiger partial charge in [0.15, 0.2) is 6.29 Å². The van der Waals surface area contributed by atoms with Gasteiger partial charge in [-0.05, 0) is 6.42 Å². The largest absolute Gasteiger partial charge is 0.481 e. The maximum atomic E-state index is 10.3. The topological polar surface area (TPSA) is 135 Å². The van der Waals surface area contributed by atoms with Crippen LogP contribution in [0.15, 0.2) is 0 Å². The summed E-state index contributed by atoms with van der Waals surface area (Å²) in [6.07, 6.45) is 15.6. The molecule has 0 fully saturated rings. The summed E-state index contributed by atoms with van der Waals surface area (Å²) in [6.45, 7) is 1.58. The molecule has 7 heteroatoms. The number of unbranched alkanes of at least 4 members (excludes halogenated alkanes) is 14. The van der Waals surface area contributed by atoms with Crippen LogP contribution < -0.4 is 0 Å². The Balaban J connectivity index is 0. The predicted molar refractivity (Wildman–Crippen MR) is 118 cm³/mol. The van der Waals surface area contributed by atoms with Crippen molar-refractivity contribution in [3.8, 4) is 0 Å². The molecule has 0 aromatic carbocycles. The van der Waals surface area contributed by atoms with Crippen LogP contribution in [0.4, 0.5) is 0 Å². The van der Waals surface area contributed by atoms with Gasteiger partial charge in [-0.15, -0.1) is 0 Å². The molecule has 0 spiro atoms. The minimum Gasteiger partial charge on any atom is -0.481 e. The average molecular weight is 435 g/mol. The molecule has 0 bridgehead atoms. The minimum absolute atomic E-state index is 0.0869. The number of aldehydes is 1. The summed E-state index contributed by atoms with van der Waals surface area (Å²) >= 11 is 0. The van der Waals surface area contributed by atoms with E-state index >= 15 is 0 Å². The molecule has 0 aliphatic heterocycles. The Morgan fingerprint density at radius 2 is 1.10 bits per heavy atom. The Morgan fingerprint density at radius 1 is 0.733 bits per heavy atom. The monoisotopic (exact) mass is 434 g/mol. The number of hydrogen-bond donors (Lipinski definition) is 5. The first-order valence-corrected chi connectivity index (χ1v) is 11.7. The highest BCUT2D eigenvalue weighted by Crippen LogP contribution is 2.13. The molecule has 5 N–H and O–H groups in total. The van der Waals surface area contributed by atoms with Crippen LogP contribution in [-0.4, -0.2) is 62.7 Å². The van der Waals surface area contributed by atoms with E-state index in [1.54, 1.807) is 0 Å². The lowest BCUT2D eigenvalue weighted by Crippen LogP contribution is -2.40. The Hall–Kier alpha value is -1.02. The number of hydrogen-bond acceptors (Lipinski definition) is 6. The number of aliphatic hydroxyl groups is 4. The van der Waals surface area contributed by atoms with Crippen LogP contribution in [-0.2, 0) is 9.59 Å². The van der Waals surface area contributed by atoms with E-state index in [2.05, 4.69) is 6.92 Å². The number of carboxylic acids is 1. The fraction of sp³-hybridized carbons (Fsp3) is 0.913. The van der Waals surface area contributed by atoms with E-state index < -0.39 is 30.9 Å². The highest BCUT2D eigenvalue weighted by Gasteiger charge is 2.22. The standard InChI is InChI=1S/C18H36O2.C5H10O5/c1-2-3-4-5-6-7-8-9-10-11-12-13-14-15-16-17-18(19)20;6-1-3(8)5(10)4(9)2-7/h2-17H2,1H3,(H,19,20);1,3-5,7-10H,2H2. The van der Waals surface area contributed by atoms with Crippen LogP contribution in [0.1, 0.15) is 110 Å². The van der Waals surface area contributed by atoms with Crippen LogP contribution in [0, 0.1) is 0 Å². The fourth-order valence-corrected chi connectivity index (χ4v) is 3.06. The summed E-state index contributed by atoms with van der Waals surface area (Å²) < 4.78 is 0. The normalized spacial score (nSPS) is 13.8. The van der Waals surface area contributed by atoms with Crippen LogP contribution in [0.25, 0.3) is 0 Å². The van der Waals surface area contributed by atoms with Crippen LogP contribution in [0.5, 0.6) is 0 Å². The number of carboxylic acid groups (broad SMARTS) is 1. The van der Waals surface area contributed by atoms with E-state index in [0.717, 1.165) is 12.8 Å². The van der Waals surface area contributed by atoms with Crippen LogP contribution in [0.2, 0.25) is 0 Å². The van der Waals surface area contributed by atoms with E-state index in [0.29, 0.717) is 6.42 Å². The number of carbonyl (C=O) groups is 2. The molecule has 0 saturated carbocycles. The van der Waals surface area contributed by atoms with Crippen molar-refractivity contribution in [1.82, 2.24) is 0 Å². The van der Waals surface area contributed by atoms with Gasteiger partial charge in [0.05, 0.1) is 6.61 Å². The Bertz CT molecular complexity index is 377. The molecule has 0 aromatic rings. The second kappa shape index (κ2) is 24.3. The maximum Gasteiger partial charge on any atom is 0.303 e. The smallest absolute Gasteiger partial charge is 0.303 e. The van der Waals surface area contributed by atoms with Gasteiger partial charge >= 0.3 is 5.97 Å². The first-order chi connectivity index (χ1) is 14.4. The van der Waals surface area contributed by atoms with Crippen LogP contribution in [0.3, 0.4) is 0 Å². The molecule has 0 radical (unpaired) electrons. The van der Waals surface area contributed by atoms with Crippen molar-refractivity contribution in [3.05, 3.63) is 0 Å². The SMILES string of the molecule is CCCCCCCCCCCCCCCCCC(=O)O.O=CC(O)C(O)C(O)CO. The van der Waals surface area contributed by atoms with Crippen molar-refractivity contribution in [2.75, 3.05) is 6.61 Å². The zero-order valence-electron chi connectivity index (χ0n) is 18.9. The molecule has 0 rings (SSSR count). The average Bonchev–Trinajstić information content (AvgIpc) is 2.74. The molecular weight excluding hydrogens is 388 g/mol. The van der Waals surface area contributed by atoms with E-state index in [9.17, 15) is 9.59 Å². The van der Waals surface area contributed by atoms with E-state index in [-0.39, 0.29) is 6.29 Å². The zero-order valence-corrected chi connectivity index (χ0v) is 18.9. The highest BCUT2D eigenvalue weighted by atomic mass is 16.4. The van der Waals surface area contributed by atoms with Gasteiger partial charge in [0, 0.05) is 6.42 Å². The molecular formula is C23H46O7. The third-order valence-electron chi connectivity index (χ3n) is 5.06. The van der Waals surface area contributed by atoms with Gasteiger partial charge in [0.2, 0.25) is 0 Å². The number of rotatable bonds is 20. The van der Waals surface area contributed by atoms with Crippen molar-refractivity contribution in [2.24, 2.45) is 0 Å². The van der Waals surface area contributed by atoms with E-state index in [4.69, 9.17) is 25.5 Å². The van der Waals surface area contributed by atoms with Crippen LogP contribution >= 0.6 is 0 Å². The summed E-state index contributed by atoms with van der Waals surface area (Å²) in [5, 5.41) is 42.6. The molecule has 3 atom stereocenters. The Labute approximate surface area is 182 Å².